The molecule has 0 atom stereocenters. The molecule has 1 N–H and O–H groups in total. The Labute approximate surface area is 158 Å². The van der Waals surface area contributed by atoms with Crippen LogP contribution in [-0.2, 0) is 17.8 Å². The summed E-state index contributed by atoms with van der Waals surface area (Å²) in [6.07, 6.45) is 3.80. The Bertz CT molecular complexity index is 992. The van der Waals surface area contributed by atoms with Gasteiger partial charge in [-0.25, -0.2) is 4.98 Å². The minimum absolute atomic E-state index is 0.129. The number of hydrogen-bond donors (Lipinski definition) is 1. The van der Waals surface area contributed by atoms with Gasteiger partial charge in [-0.1, -0.05) is 6.07 Å². The van der Waals surface area contributed by atoms with Crippen LogP contribution in [-0.4, -0.2) is 25.7 Å². The van der Waals surface area contributed by atoms with E-state index < -0.39 is 0 Å². The fourth-order valence-corrected chi connectivity index (χ4v) is 3.96. The minimum Gasteiger partial charge on any atom is -0.309 e. The third-order valence-corrected chi connectivity index (χ3v) is 5.24. The molecule has 26 heavy (non-hydrogen) atoms. The number of hydrogen-bond acceptors (Lipinski definition) is 6. The summed E-state index contributed by atoms with van der Waals surface area (Å²) in [5.74, 6) is 0.398. The highest BCUT2D eigenvalue weighted by molar-refractivity contribution is 7.14. The number of nitrogens with one attached hydrogen (secondary N) is 1. The molecule has 0 aliphatic carbocycles. The Kier molecular flexibility index (Phi) is 4.85. The van der Waals surface area contributed by atoms with Gasteiger partial charge in [0.2, 0.25) is 5.91 Å². The Morgan fingerprint density at radius 1 is 1.15 bits per heavy atom. The lowest BCUT2D eigenvalue weighted by molar-refractivity contribution is -0.115. The molecule has 0 bridgehead atoms. The quantitative estimate of drug-likeness (QED) is 0.553. The average Bonchev–Trinajstić information content (AvgIpc) is 3.37. The van der Waals surface area contributed by atoms with Gasteiger partial charge in [-0.3, -0.25) is 14.5 Å². The van der Waals surface area contributed by atoms with E-state index in [4.69, 9.17) is 0 Å². The van der Waals surface area contributed by atoms with Gasteiger partial charge in [-0.05, 0) is 23.6 Å². The average molecular weight is 381 g/mol. The molecule has 0 aliphatic rings. The second-order valence-corrected chi connectivity index (χ2v) is 7.24. The number of carbonyl (C=O) groups is 1. The first kappa shape index (κ1) is 16.6. The van der Waals surface area contributed by atoms with Crippen LogP contribution in [0.5, 0.6) is 0 Å². The van der Waals surface area contributed by atoms with Crippen LogP contribution >= 0.6 is 22.7 Å². The van der Waals surface area contributed by atoms with Crippen LogP contribution < -0.4 is 5.32 Å². The Morgan fingerprint density at radius 3 is 2.92 bits per heavy atom. The van der Waals surface area contributed by atoms with Crippen molar-refractivity contribution in [1.29, 1.82) is 0 Å². The molecule has 8 heteroatoms. The summed E-state index contributed by atoms with van der Waals surface area (Å²) >= 11 is 3.18. The molecule has 4 aromatic rings. The molecular weight excluding hydrogens is 366 g/mol. The number of aromatic nitrogens is 4. The molecule has 0 fully saturated rings. The zero-order chi connectivity index (χ0) is 17.8. The first-order valence-electron chi connectivity index (χ1n) is 7.96. The normalized spacial score (nSPS) is 10.8. The summed E-state index contributed by atoms with van der Waals surface area (Å²) in [7, 11) is 0. The summed E-state index contributed by atoms with van der Waals surface area (Å²) in [4.78, 5) is 21.0. The van der Waals surface area contributed by atoms with Crippen LogP contribution in [0.3, 0.4) is 0 Å². The van der Waals surface area contributed by atoms with Crippen LogP contribution in [0.1, 0.15) is 11.4 Å². The maximum atomic E-state index is 12.2. The lowest BCUT2D eigenvalue weighted by Crippen LogP contribution is -2.15. The lowest BCUT2D eigenvalue weighted by Gasteiger charge is -2.01. The molecule has 4 rings (SSSR count). The van der Waals surface area contributed by atoms with Gasteiger partial charge in [0.05, 0.1) is 24.4 Å². The zero-order valence-electron chi connectivity index (χ0n) is 13.7. The number of nitrogens with zero attached hydrogens (tertiary/aromatic N) is 4. The summed E-state index contributed by atoms with van der Waals surface area (Å²) in [5, 5.41) is 14.1. The van der Waals surface area contributed by atoms with Crippen LogP contribution in [0.2, 0.25) is 0 Å². The van der Waals surface area contributed by atoms with Crippen LogP contribution in [0.4, 0.5) is 5.82 Å². The predicted octanol–water partition coefficient (Wildman–Crippen LogP) is 3.69. The third-order valence-electron chi connectivity index (χ3n) is 3.62. The van der Waals surface area contributed by atoms with Crippen molar-refractivity contribution >= 4 is 34.4 Å². The summed E-state index contributed by atoms with van der Waals surface area (Å²) in [6, 6.07) is 9.56. The standard InChI is InChI=1S/C18H15N5OS2/c24-17(9-15-12-26-18(20-15)13-5-8-25-11-13)21-16-4-7-23(22-16)10-14-3-1-2-6-19-14/h1-8,11-12H,9-10H2,(H,21,22,24). The number of rotatable bonds is 6. The van der Waals surface area contributed by atoms with Crippen LogP contribution in [0.15, 0.2) is 58.9 Å². The second kappa shape index (κ2) is 7.59. The van der Waals surface area contributed by atoms with Gasteiger partial charge >= 0.3 is 0 Å². The maximum absolute atomic E-state index is 12.2. The van der Waals surface area contributed by atoms with E-state index >= 15 is 0 Å². The molecule has 0 spiro atoms. The van der Waals surface area contributed by atoms with E-state index in [1.54, 1.807) is 39.6 Å². The van der Waals surface area contributed by atoms with E-state index in [1.807, 2.05) is 41.2 Å². The third kappa shape index (κ3) is 4.04. The van der Waals surface area contributed by atoms with E-state index in [9.17, 15) is 4.79 Å². The van der Waals surface area contributed by atoms with Gasteiger partial charge in [-0.15, -0.1) is 11.3 Å². The van der Waals surface area contributed by atoms with E-state index in [0.29, 0.717) is 12.4 Å². The highest BCUT2D eigenvalue weighted by atomic mass is 32.1. The number of thiophene rings is 1. The lowest BCUT2D eigenvalue weighted by atomic mass is 10.3. The fourth-order valence-electron chi connectivity index (χ4n) is 2.43. The van der Waals surface area contributed by atoms with Gasteiger partial charge in [0.15, 0.2) is 5.82 Å². The maximum Gasteiger partial charge on any atom is 0.231 e. The smallest absolute Gasteiger partial charge is 0.231 e. The highest BCUT2D eigenvalue weighted by Crippen LogP contribution is 2.25. The molecule has 4 aromatic heterocycles. The van der Waals surface area contributed by atoms with E-state index in [0.717, 1.165) is 22.0 Å². The highest BCUT2D eigenvalue weighted by Gasteiger charge is 2.11. The number of anilines is 1. The number of amides is 1. The SMILES string of the molecule is O=C(Cc1csc(-c2ccsc2)n1)Nc1ccn(Cc2ccccn2)n1. The molecule has 6 nitrogen and oxygen atoms in total. The van der Waals surface area contributed by atoms with Crippen LogP contribution in [0.25, 0.3) is 10.6 Å². The van der Waals surface area contributed by atoms with E-state index in [2.05, 4.69) is 25.8 Å². The molecular formula is C18H15N5OS2. The Hall–Kier alpha value is -2.84. The summed E-state index contributed by atoms with van der Waals surface area (Å²) < 4.78 is 1.75. The molecule has 0 radical (unpaired) electrons. The monoisotopic (exact) mass is 381 g/mol. The first-order chi connectivity index (χ1) is 12.8. The first-order valence-corrected chi connectivity index (χ1v) is 9.79. The molecule has 0 unspecified atom stereocenters. The second-order valence-electron chi connectivity index (χ2n) is 5.60. The topological polar surface area (TPSA) is 72.7 Å². The number of pyridine rings is 1. The van der Waals surface area contributed by atoms with Crippen molar-refractivity contribution in [1.82, 2.24) is 19.7 Å². The summed E-state index contributed by atoms with van der Waals surface area (Å²) in [6.45, 7) is 0.562. The minimum atomic E-state index is -0.129. The van der Waals surface area contributed by atoms with Gasteiger partial charge < -0.3 is 5.32 Å². The zero-order valence-corrected chi connectivity index (χ0v) is 15.3. The molecule has 0 saturated heterocycles. The van der Waals surface area contributed by atoms with Gasteiger partial charge in [0.1, 0.15) is 5.01 Å². The van der Waals surface area contributed by atoms with Crippen molar-refractivity contribution in [2.45, 2.75) is 13.0 Å². The number of thiazole rings is 1. The fraction of sp³-hybridized carbons (Fsp3) is 0.111. The summed E-state index contributed by atoms with van der Waals surface area (Å²) in [5.41, 5.74) is 2.78. The Morgan fingerprint density at radius 2 is 2.12 bits per heavy atom. The van der Waals surface area contributed by atoms with Gasteiger partial charge in [-0.2, -0.15) is 16.4 Å². The van der Waals surface area contributed by atoms with E-state index in [-0.39, 0.29) is 12.3 Å². The van der Waals surface area contributed by atoms with Crippen LogP contribution in [0, 0.1) is 0 Å². The largest absolute Gasteiger partial charge is 0.309 e. The van der Waals surface area contributed by atoms with Crippen molar-refractivity contribution in [2.24, 2.45) is 0 Å². The van der Waals surface area contributed by atoms with Crippen molar-refractivity contribution in [3.63, 3.8) is 0 Å². The predicted molar refractivity (Wildman–Crippen MR) is 103 cm³/mol. The molecule has 0 saturated carbocycles. The molecule has 1 amide bonds. The van der Waals surface area contributed by atoms with Crippen molar-refractivity contribution < 1.29 is 4.79 Å². The van der Waals surface area contributed by atoms with Gasteiger partial charge in [0, 0.05) is 34.8 Å². The molecule has 4 heterocycles. The van der Waals surface area contributed by atoms with Crippen molar-refractivity contribution in [3.8, 4) is 10.6 Å². The molecule has 0 aromatic carbocycles. The Balaban J connectivity index is 1.35. The van der Waals surface area contributed by atoms with Crippen molar-refractivity contribution in [3.05, 3.63) is 70.3 Å². The molecule has 130 valence electrons. The molecule has 0 aliphatic heterocycles. The number of carbonyl (C=O) groups excluding carboxylic acids is 1. The van der Waals surface area contributed by atoms with Crippen molar-refractivity contribution in [2.75, 3.05) is 5.32 Å². The van der Waals surface area contributed by atoms with Gasteiger partial charge in [0.25, 0.3) is 0 Å². The van der Waals surface area contributed by atoms with E-state index in [1.165, 1.54) is 0 Å².